The van der Waals surface area contributed by atoms with Crippen LogP contribution < -0.4 is 0 Å². The highest BCUT2D eigenvalue weighted by molar-refractivity contribution is 5.71. The Morgan fingerprint density at radius 3 is 1.86 bits per heavy atom. The van der Waals surface area contributed by atoms with E-state index in [0.29, 0.717) is 6.54 Å². The third-order valence-electron chi connectivity index (χ3n) is 1.47. The molecular formula is C9H19NO4. The highest BCUT2D eigenvalue weighted by Crippen LogP contribution is 1.86. The largest absolute Gasteiger partial charge is 0.481 e. The minimum atomic E-state index is -0.833. The van der Waals surface area contributed by atoms with Crippen molar-refractivity contribution in [2.24, 2.45) is 0 Å². The molecule has 0 unspecified atom stereocenters. The number of likely N-dealkylation sites (N-methyl/N-ethyl adjacent to an activating group) is 1. The molecule has 0 aromatic heterocycles. The van der Waals surface area contributed by atoms with Gasteiger partial charge in [-0.25, -0.2) is 0 Å². The summed E-state index contributed by atoms with van der Waals surface area (Å²) >= 11 is 0. The van der Waals surface area contributed by atoms with E-state index in [0.717, 1.165) is 20.0 Å². The Hall–Kier alpha value is -1.10. The van der Waals surface area contributed by atoms with Crippen LogP contribution in [0, 0.1) is 0 Å². The van der Waals surface area contributed by atoms with Crippen LogP contribution in [-0.2, 0) is 14.3 Å². The van der Waals surface area contributed by atoms with Crippen LogP contribution in [0.25, 0.3) is 0 Å². The lowest BCUT2D eigenvalue weighted by Gasteiger charge is -2.15. The fraction of sp³-hybridized carbons (Fsp3) is 0.778. The number of hydrogen-bond acceptors (Lipinski definition) is 4. The predicted molar refractivity (Wildman–Crippen MR) is 53.1 cm³/mol. The Morgan fingerprint density at radius 2 is 1.64 bits per heavy atom. The van der Waals surface area contributed by atoms with E-state index in [1.165, 1.54) is 7.11 Å². The molecule has 0 saturated heterocycles. The number of aliphatic carboxylic acids is 1. The second kappa shape index (κ2) is 9.98. The summed E-state index contributed by atoms with van der Waals surface area (Å²) < 4.78 is 4.50. The molecule has 0 amide bonds. The van der Waals surface area contributed by atoms with E-state index >= 15 is 0 Å². The van der Waals surface area contributed by atoms with Gasteiger partial charge in [-0.3, -0.25) is 14.5 Å². The van der Waals surface area contributed by atoms with Gasteiger partial charge in [-0.1, -0.05) is 13.8 Å². The molecule has 0 aliphatic heterocycles. The van der Waals surface area contributed by atoms with Gasteiger partial charge in [0.15, 0.2) is 0 Å². The number of ether oxygens (including phenoxy) is 1. The summed E-state index contributed by atoms with van der Waals surface area (Å²) in [6.07, 6.45) is 0. The maximum absolute atomic E-state index is 10.7. The van der Waals surface area contributed by atoms with E-state index in [1.54, 1.807) is 0 Å². The molecule has 1 N–H and O–H groups in total. The van der Waals surface area contributed by atoms with Crippen molar-refractivity contribution in [3.8, 4) is 0 Å². The molecular weight excluding hydrogens is 186 g/mol. The topological polar surface area (TPSA) is 66.8 Å². The van der Waals surface area contributed by atoms with Crippen molar-refractivity contribution in [1.82, 2.24) is 4.90 Å². The molecule has 84 valence electrons. The quantitative estimate of drug-likeness (QED) is 0.680. The Balaban J connectivity index is 0. The number of nitrogens with zero attached hydrogens (tertiary/aromatic N) is 1. The molecule has 0 aliphatic carbocycles. The van der Waals surface area contributed by atoms with Crippen molar-refractivity contribution in [3.63, 3.8) is 0 Å². The molecule has 0 aromatic carbocycles. The maximum Gasteiger partial charge on any atom is 0.319 e. The second-order valence-corrected chi connectivity index (χ2v) is 2.56. The average molecular weight is 205 g/mol. The summed E-state index contributed by atoms with van der Waals surface area (Å²) in [6.45, 7) is 7.32. The molecule has 0 atom stereocenters. The van der Waals surface area contributed by atoms with Gasteiger partial charge in [0, 0.05) is 6.92 Å². The molecule has 14 heavy (non-hydrogen) atoms. The van der Waals surface area contributed by atoms with Crippen LogP contribution in [-0.4, -0.2) is 48.7 Å². The zero-order valence-corrected chi connectivity index (χ0v) is 9.24. The molecule has 0 heterocycles. The van der Waals surface area contributed by atoms with Crippen LogP contribution in [0.3, 0.4) is 0 Å². The maximum atomic E-state index is 10.7. The van der Waals surface area contributed by atoms with Gasteiger partial charge in [-0.05, 0) is 13.1 Å². The molecule has 5 nitrogen and oxygen atoms in total. The van der Waals surface area contributed by atoms with E-state index in [1.807, 2.05) is 18.7 Å². The van der Waals surface area contributed by atoms with Crippen LogP contribution >= 0.6 is 0 Å². The van der Waals surface area contributed by atoms with E-state index < -0.39 is 5.97 Å². The lowest BCUT2D eigenvalue weighted by atomic mass is 10.5. The average Bonchev–Trinajstić information content (AvgIpc) is 2.12. The summed E-state index contributed by atoms with van der Waals surface area (Å²) in [5.74, 6) is -0.997. The van der Waals surface area contributed by atoms with Crippen LogP contribution in [0.4, 0.5) is 0 Å². The number of esters is 1. The van der Waals surface area contributed by atoms with Gasteiger partial charge in [0.25, 0.3) is 5.97 Å². The van der Waals surface area contributed by atoms with Gasteiger partial charge in [-0.15, -0.1) is 0 Å². The molecule has 0 fully saturated rings. The van der Waals surface area contributed by atoms with Crippen LogP contribution in [0.5, 0.6) is 0 Å². The molecule has 0 rings (SSSR count). The first-order valence-electron chi connectivity index (χ1n) is 4.46. The molecule has 0 radical (unpaired) electrons. The molecule has 0 aromatic rings. The van der Waals surface area contributed by atoms with E-state index in [-0.39, 0.29) is 5.97 Å². The molecule has 0 spiro atoms. The van der Waals surface area contributed by atoms with Gasteiger partial charge in [0.05, 0.1) is 13.7 Å². The summed E-state index contributed by atoms with van der Waals surface area (Å²) in [6, 6.07) is 0. The Morgan fingerprint density at radius 1 is 1.29 bits per heavy atom. The highest BCUT2D eigenvalue weighted by atomic mass is 16.5. The number of carboxylic acids is 1. The zero-order valence-electron chi connectivity index (χ0n) is 9.24. The van der Waals surface area contributed by atoms with Crippen molar-refractivity contribution in [1.29, 1.82) is 0 Å². The number of methoxy groups -OCH3 is 1. The second-order valence-electron chi connectivity index (χ2n) is 2.56. The summed E-state index contributed by atoms with van der Waals surface area (Å²) in [4.78, 5) is 21.7. The first-order valence-corrected chi connectivity index (χ1v) is 4.46. The molecule has 0 saturated carbocycles. The van der Waals surface area contributed by atoms with Crippen molar-refractivity contribution < 1.29 is 19.4 Å². The summed E-state index contributed by atoms with van der Waals surface area (Å²) in [5.41, 5.74) is 0. The minimum absolute atomic E-state index is 0.163. The first-order chi connectivity index (χ1) is 6.47. The van der Waals surface area contributed by atoms with Gasteiger partial charge in [-0.2, -0.15) is 0 Å². The first kappa shape index (κ1) is 15.4. The summed E-state index contributed by atoms with van der Waals surface area (Å²) in [5, 5.41) is 7.42. The number of carbonyl (C=O) groups is 2. The van der Waals surface area contributed by atoms with Crippen LogP contribution in [0.2, 0.25) is 0 Å². The van der Waals surface area contributed by atoms with Crippen LogP contribution in [0.1, 0.15) is 20.8 Å². The fourth-order valence-electron chi connectivity index (χ4n) is 0.694. The van der Waals surface area contributed by atoms with Crippen molar-refractivity contribution in [3.05, 3.63) is 0 Å². The standard InChI is InChI=1S/C7H15NO2.C2H4O2/c1-4-8(5-2)6-7(9)10-3;1-2(3)4/h4-6H2,1-3H3;1H3,(H,3,4). The predicted octanol–water partition coefficient (Wildman–Crippen LogP) is 0.592. The van der Waals surface area contributed by atoms with Gasteiger partial charge >= 0.3 is 5.97 Å². The van der Waals surface area contributed by atoms with Gasteiger partial charge in [0.2, 0.25) is 0 Å². The van der Waals surface area contributed by atoms with E-state index in [2.05, 4.69) is 4.74 Å². The Bertz CT molecular complexity index is 162. The fourth-order valence-corrected chi connectivity index (χ4v) is 0.694. The minimum Gasteiger partial charge on any atom is -0.481 e. The van der Waals surface area contributed by atoms with Crippen LogP contribution in [0.15, 0.2) is 0 Å². The molecule has 0 aliphatic rings. The van der Waals surface area contributed by atoms with Crippen molar-refractivity contribution >= 4 is 11.9 Å². The molecule has 0 bridgehead atoms. The summed E-state index contributed by atoms with van der Waals surface area (Å²) in [7, 11) is 1.41. The number of hydrogen-bond donors (Lipinski definition) is 1. The lowest BCUT2D eigenvalue weighted by Crippen LogP contribution is -2.29. The van der Waals surface area contributed by atoms with Gasteiger partial charge < -0.3 is 9.84 Å². The highest BCUT2D eigenvalue weighted by Gasteiger charge is 2.05. The third kappa shape index (κ3) is 13.5. The monoisotopic (exact) mass is 205 g/mol. The third-order valence-corrected chi connectivity index (χ3v) is 1.47. The normalized spacial score (nSPS) is 8.93. The van der Waals surface area contributed by atoms with E-state index in [9.17, 15) is 4.79 Å². The van der Waals surface area contributed by atoms with Gasteiger partial charge in [0.1, 0.15) is 0 Å². The number of rotatable bonds is 4. The molecule has 5 heteroatoms. The zero-order chi connectivity index (χ0) is 11.6. The number of carboxylic acid groups (broad SMARTS) is 1. The Labute approximate surface area is 84.7 Å². The van der Waals surface area contributed by atoms with E-state index in [4.69, 9.17) is 9.90 Å². The Kier molecular flexibility index (Phi) is 11.0. The lowest BCUT2D eigenvalue weighted by molar-refractivity contribution is -0.141. The van der Waals surface area contributed by atoms with Crippen molar-refractivity contribution in [2.75, 3.05) is 26.7 Å². The smallest absolute Gasteiger partial charge is 0.319 e. The van der Waals surface area contributed by atoms with Crippen molar-refractivity contribution in [2.45, 2.75) is 20.8 Å². The number of carbonyl (C=O) groups excluding carboxylic acids is 1. The SMILES string of the molecule is CC(=O)O.CCN(CC)CC(=O)OC.